The molecule has 1 N–H and O–H groups in total. The molecule has 0 fully saturated rings. The third-order valence-corrected chi connectivity index (χ3v) is 1.83. The summed E-state index contributed by atoms with van der Waals surface area (Å²) in [6.07, 6.45) is 5.58. The van der Waals surface area contributed by atoms with Crippen molar-refractivity contribution in [2.75, 3.05) is 0 Å². The lowest BCUT2D eigenvalue weighted by Crippen LogP contribution is -1.90. The third kappa shape index (κ3) is 1.05. The smallest absolute Gasteiger partial charge is 0.199 e. The summed E-state index contributed by atoms with van der Waals surface area (Å²) in [5.41, 5.74) is 2.92. The average molecular weight is 162 g/mol. The number of hydrogen-bond donors (Lipinski definition) is 1. The summed E-state index contributed by atoms with van der Waals surface area (Å²) in [6, 6.07) is 0. The normalized spacial score (nSPS) is 10.8. The number of rotatable bonds is 2. The van der Waals surface area contributed by atoms with Gasteiger partial charge < -0.3 is 4.98 Å². The van der Waals surface area contributed by atoms with Crippen molar-refractivity contribution in [1.29, 1.82) is 0 Å². The van der Waals surface area contributed by atoms with E-state index in [-0.39, 0.29) is 0 Å². The van der Waals surface area contributed by atoms with Crippen LogP contribution >= 0.6 is 0 Å². The molecule has 2 aromatic heterocycles. The van der Waals surface area contributed by atoms with Gasteiger partial charge in [-0.3, -0.25) is 0 Å². The van der Waals surface area contributed by atoms with Crippen LogP contribution in [0.1, 0.15) is 18.9 Å². The molecule has 2 heterocycles. The number of hydrogen-bond acceptors (Lipinski definition) is 3. The highest BCUT2D eigenvalue weighted by atomic mass is 15.1. The molecule has 0 radical (unpaired) electrons. The van der Waals surface area contributed by atoms with Crippen molar-refractivity contribution in [3.8, 4) is 0 Å². The van der Waals surface area contributed by atoms with Crippen molar-refractivity contribution in [2.24, 2.45) is 0 Å². The molecule has 4 nitrogen and oxygen atoms in total. The Hall–Kier alpha value is -1.45. The Bertz CT molecular complexity index is 379. The van der Waals surface area contributed by atoms with Gasteiger partial charge in [0.1, 0.15) is 0 Å². The van der Waals surface area contributed by atoms with E-state index < -0.39 is 0 Å². The summed E-state index contributed by atoms with van der Waals surface area (Å²) < 4.78 is 0. The van der Waals surface area contributed by atoms with Crippen LogP contribution in [0.2, 0.25) is 0 Å². The van der Waals surface area contributed by atoms with Gasteiger partial charge in [0.2, 0.25) is 0 Å². The molecular formula is C8H10N4. The zero-order valence-corrected chi connectivity index (χ0v) is 6.91. The van der Waals surface area contributed by atoms with E-state index in [0.29, 0.717) is 5.65 Å². The third-order valence-electron chi connectivity index (χ3n) is 1.83. The lowest BCUT2D eigenvalue weighted by molar-refractivity contribution is 0.906. The zero-order chi connectivity index (χ0) is 8.39. The van der Waals surface area contributed by atoms with Crippen molar-refractivity contribution >= 4 is 11.2 Å². The molecule has 0 atom stereocenters. The molecule has 2 aromatic rings. The summed E-state index contributed by atoms with van der Waals surface area (Å²) in [6.45, 7) is 2.14. The number of H-pyrrole nitrogens is 1. The number of fused-ring (bicyclic) bond motifs is 1. The van der Waals surface area contributed by atoms with E-state index in [4.69, 9.17) is 0 Å². The Morgan fingerprint density at radius 1 is 1.50 bits per heavy atom. The molecule has 0 saturated carbocycles. The molecule has 0 aliphatic carbocycles. The van der Waals surface area contributed by atoms with Gasteiger partial charge >= 0.3 is 0 Å². The predicted molar refractivity (Wildman–Crippen MR) is 45.7 cm³/mol. The summed E-state index contributed by atoms with van der Waals surface area (Å²) in [5.74, 6) is 0. The first kappa shape index (κ1) is 7.21. The Labute approximate surface area is 70.0 Å². The Morgan fingerprint density at radius 3 is 3.25 bits per heavy atom. The van der Waals surface area contributed by atoms with E-state index >= 15 is 0 Å². The number of nitrogens with one attached hydrogen (secondary N) is 1. The molecule has 0 saturated heterocycles. The maximum Gasteiger partial charge on any atom is 0.199 e. The van der Waals surface area contributed by atoms with Crippen molar-refractivity contribution in [3.63, 3.8) is 0 Å². The zero-order valence-electron chi connectivity index (χ0n) is 6.91. The van der Waals surface area contributed by atoms with E-state index in [1.165, 1.54) is 5.56 Å². The molecule has 0 spiro atoms. The van der Waals surface area contributed by atoms with E-state index in [0.717, 1.165) is 18.4 Å². The first-order chi connectivity index (χ1) is 5.92. The van der Waals surface area contributed by atoms with Crippen molar-refractivity contribution in [1.82, 2.24) is 20.2 Å². The molecule has 0 amide bonds. The second-order valence-electron chi connectivity index (χ2n) is 2.72. The standard InChI is InChI=1S/C8H10N4/c1-2-3-6-4-11-12-8-7(6)9-5-10-8/h4-5H,2-3H2,1H3,(H,9,10,12). The van der Waals surface area contributed by atoms with E-state index in [2.05, 4.69) is 27.1 Å². The van der Waals surface area contributed by atoms with Crippen LogP contribution in [0.4, 0.5) is 0 Å². The minimum Gasteiger partial charge on any atom is -0.343 e. The van der Waals surface area contributed by atoms with Gasteiger partial charge in [0.05, 0.1) is 18.0 Å². The fourth-order valence-electron chi connectivity index (χ4n) is 1.28. The first-order valence-electron chi connectivity index (χ1n) is 4.05. The minimum atomic E-state index is 0.709. The number of aromatic amines is 1. The topological polar surface area (TPSA) is 54.5 Å². The maximum absolute atomic E-state index is 4.03. The molecular weight excluding hydrogens is 152 g/mol. The summed E-state index contributed by atoms with van der Waals surface area (Å²) in [7, 11) is 0. The highest BCUT2D eigenvalue weighted by Crippen LogP contribution is 2.11. The second kappa shape index (κ2) is 2.89. The highest BCUT2D eigenvalue weighted by Gasteiger charge is 2.02. The van der Waals surface area contributed by atoms with Crippen LogP contribution in [0, 0.1) is 0 Å². The molecule has 0 bridgehead atoms. The minimum absolute atomic E-state index is 0.709. The Balaban J connectivity index is 2.57. The summed E-state index contributed by atoms with van der Waals surface area (Å²) >= 11 is 0. The molecule has 0 aromatic carbocycles. The second-order valence-corrected chi connectivity index (χ2v) is 2.72. The summed E-state index contributed by atoms with van der Waals surface area (Å²) in [4.78, 5) is 7.09. The van der Waals surface area contributed by atoms with Crippen molar-refractivity contribution < 1.29 is 0 Å². The predicted octanol–water partition coefficient (Wildman–Crippen LogP) is 1.31. The van der Waals surface area contributed by atoms with Gasteiger partial charge in [-0.05, 0) is 12.0 Å². The molecule has 4 heteroatoms. The molecule has 0 aliphatic rings. The van der Waals surface area contributed by atoms with Crippen molar-refractivity contribution in [2.45, 2.75) is 19.8 Å². The molecule has 2 rings (SSSR count). The maximum atomic E-state index is 4.03. The molecule has 62 valence electrons. The fraction of sp³-hybridized carbons (Fsp3) is 0.375. The van der Waals surface area contributed by atoms with Crippen molar-refractivity contribution in [3.05, 3.63) is 18.1 Å². The van der Waals surface area contributed by atoms with Gasteiger partial charge in [0.15, 0.2) is 5.65 Å². The Morgan fingerprint density at radius 2 is 2.42 bits per heavy atom. The molecule has 12 heavy (non-hydrogen) atoms. The van der Waals surface area contributed by atoms with Crippen LogP contribution < -0.4 is 0 Å². The monoisotopic (exact) mass is 162 g/mol. The summed E-state index contributed by atoms with van der Waals surface area (Å²) in [5, 5.41) is 7.76. The van der Waals surface area contributed by atoms with Crippen LogP contribution in [0.5, 0.6) is 0 Å². The van der Waals surface area contributed by atoms with Crippen LogP contribution in [0.15, 0.2) is 12.5 Å². The van der Waals surface area contributed by atoms with Gasteiger partial charge in [0.25, 0.3) is 0 Å². The quantitative estimate of drug-likeness (QED) is 0.724. The highest BCUT2D eigenvalue weighted by molar-refractivity contribution is 5.72. The lowest BCUT2D eigenvalue weighted by Gasteiger charge is -1.96. The number of imidazole rings is 1. The van der Waals surface area contributed by atoms with Crippen LogP contribution in [0.25, 0.3) is 11.2 Å². The van der Waals surface area contributed by atoms with E-state index in [1.54, 1.807) is 12.5 Å². The van der Waals surface area contributed by atoms with Gasteiger partial charge in [-0.15, -0.1) is 5.10 Å². The van der Waals surface area contributed by atoms with E-state index in [1.807, 2.05) is 0 Å². The molecule has 0 aliphatic heterocycles. The van der Waals surface area contributed by atoms with Crippen LogP contribution in [-0.4, -0.2) is 20.2 Å². The first-order valence-corrected chi connectivity index (χ1v) is 4.05. The average Bonchev–Trinajstić information content (AvgIpc) is 2.53. The Kier molecular flexibility index (Phi) is 1.74. The largest absolute Gasteiger partial charge is 0.343 e. The van der Waals surface area contributed by atoms with Crippen LogP contribution in [-0.2, 0) is 6.42 Å². The van der Waals surface area contributed by atoms with Gasteiger partial charge in [-0.1, -0.05) is 13.3 Å². The van der Waals surface area contributed by atoms with E-state index in [9.17, 15) is 0 Å². The van der Waals surface area contributed by atoms with Crippen LogP contribution in [0.3, 0.4) is 0 Å². The number of aryl methyl sites for hydroxylation is 1. The SMILES string of the molecule is CCCc1cnnc2nc[nH]c12. The molecule has 0 unspecified atom stereocenters. The van der Waals surface area contributed by atoms with Gasteiger partial charge in [-0.25, -0.2) is 4.98 Å². The fourth-order valence-corrected chi connectivity index (χ4v) is 1.28. The number of nitrogens with zero attached hydrogens (tertiary/aromatic N) is 3. The number of aromatic nitrogens is 4. The van der Waals surface area contributed by atoms with Gasteiger partial charge in [0, 0.05) is 0 Å². The lowest BCUT2D eigenvalue weighted by atomic mass is 10.2. The van der Waals surface area contributed by atoms with Gasteiger partial charge in [-0.2, -0.15) is 5.10 Å².